The van der Waals surface area contributed by atoms with Crippen molar-refractivity contribution in [1.29, 1.82) is 5.26 Å². The number of hydrogen-bond acceptors (Lipinski definition) is 9. The molecule has 0 radical (unpaired) electrons. The van der Waals surface area contributed by atoms with Crippen LogP contribution in [0.1, 0.15) is 66.1 Å². The Kier molecular flexibility index (Phi) is 9.44. The number of aryl methyl sites for hydroxylation is 3. The van der Waals surface area contributed by atoms with Gasteiger partial charge in [0.2, 0.25) is 11.6 Å². The van der Waals surface area contributed by atoms with Gasteiger partial charge in [0.15, 0.2) is 5.76 Å². The third-order valence-electron chi connectivity index (χ3n) is 9.34. The van der Waals surface area contributed by atoms with Crippen molar-refractivity contribution in [3.05, 3.63) is 105 Å². The second-order valence-electron chi connectivity index (χ2n) is 12.5. The molecular weight excluding hydrogens is 609 g/mol. The van der Waals surface area contributed by atoms with E-state index in [1.54, 1.807) is 12.1 Å². The van der Waals surface area contributed by atoms with Crippen LogP contribution in [0.15, 0.2) is 80.6 Å². The van der Waals surface area contributed by atoms with E-state index in [-0.39, 0.29) is 5.92 Å². The molecule has 2 aromatic carbocycles. The largest absolute Gasteiger partial charge is 0.398 e. The zero-order valence-electron chi connectivity index (χ0n) is 27.1. The van der Waals surface area contributed by atoms with Crippen molar-refractivity contribution in [3.8, 4) is 17.4 Å². The van der Waals surface area contributed by atoms with E-state index in [2.05, 4.69) is 43.3 Å². The van der Waals surface area contributed by atoms with Crippen LogP contribution in [0.25, 0.3) is 16.9 Å². The normalized spacial score (nSPS) is 21.2. The summed E-state index contributed by atoms with van der Waals surface area (Å²) in [6.07, 6.45) is 5.09. The number of benzene rings is 2. The average Bonchev–Trinajstić information content (AvgIpc) is 3.71. The van der Waals surface area contributed by atoms with Crippen molar-refractivity contribution in [2.45, 2.75) is 71.3 Å². The Labute approximate surface area is 279 Å². The fraction of sp³-hybridized carbons (Fsp3) is 0.342. The molecule has 1 fully saturated rings. The fourth-order valence-corrected chi connectivity index (χ4v) is 7.43. The van der Waals surface area contributed by atoms with Crippen molar-refractivity contribution >= 4 is 35.1 Å². The number of nitriles is 1. The molecule has 3 heterocycles. The summed E-state index contributed by atoms with van der Waals surface area (Å²) in [5.74, 6) is 0.643. The Morgan fingerprint density at radius 3 is 2.47 bits per heavy atom. The van der Waals surface area contributed by atoms with E-state index in [0.717, 1.165) is 69.1 Å². The third kappa shape index (κ3) is 6.53. The molecule has 0 bridgehead atoms. The SMILES string of the molecule is CC1=C(N)C2=C(N=CCC1)C(CC[C@@H]1O[C@H](CSCc3c(C)noc3-c3ccc(C)c(C)c3)C(=O)C1=O)C=C2c1ccc(C#N)cc1. The Hall–Kier alpha value is -4.52. The van der Waals surface area contributed by atoms with Gasteiger partial charge in [-0.1, -0.05) is 35.5 Å². The van der Waals surface area contributed by atoms with Gasteiger partial charge in [-0.15, -0.1) is 0 Å². The zero-order chi connectivity index (χ0) is 33.2. The quantitative estimate of drug-likeness (QED) is 0.243. The van der Waals surface area contributed by atoms with E-state index >= 15 is 0 Å². The Morgan fingerprint density at radius 1 is 0.979 bits per heavy atom. The summed E-state index contributed by atoms with van der Waals surface area (Å²) in [5.41, 5.74) is 18.0. The lowest BCUT2D eigenvalue weighted by Gasteiger charge is -2.18. The molecule has 1 unspecified atom stereocenters. The molecule has 1 aromatic heterocycles. The maximum Gasteiger partial charge on any atom is 0.230 e. The number of rotatable bonds is 9. The molecule has 2 N–H and O–H groups in total. The highest BCUT2D eigenvalue weighted by Gasteiger charge is 2.42. The van der Waals surface area contributed by atoms with E-state index < -0.39 is 23.8 Å². The zero-order valence-corrected chi connectivity index (χ0v) is 27.9. The Balaban J connectivity index is 1.14. The van der Waals surface area contributed by atoms with Crippen LogP contribution >= 0.6 is 11.8 Å². The lowest BCUT2D eigenvalue weighted by atomic mass is 9.93. The number of aliphatic imine (C=N–C) groups is 1. The molecule has 240 valence electrons. The molecule has 0 amide bonds. The summed E-state index contributed by atoms with van der Waals surface area (Å²) in [6.45, 7) is 8.10. The van der Waals surface area contributed by atoms with Gasteiger partial charge in [0.05, 0.1) is 23.0 Å². The predicted molar refractivity (Wildman–Crippen MR) is 184 cm³/mol. The van der Waals surface area contributed by atoms with Gasteiger partial charge in [0.25, 0.3) is 0 Å². The van der Waals surface area contributed by atoms with Crippen LogP contribution in [0.4, 0.5) is 0 Å². The molecular formula is C38H38N4O4S. The summed E-state index contributed by atoms with van der Waals surface area (Å²) >= 11 is 1.54. The van der Waals surface area contributed by atoms with Crippen LogP contribution in [-0.2, 0) is 20.1 Å². The molecule has 1 saturated heterocycles. The molecule has 3 aromatic rings. The lowest BCUT2D eigenvalue weighted by Crippen LogP contribution is -2.23. The number of ketones is 2. The first kappa shape index (κ1) is 32.4. The number of hydrogen-bond donors (Lipinski definition) is 1. The topological polar surface area (TPSA) is 132 Å². The highest BCUT2D eigenvalue weighted by molar-refractivity contribution is 7.98. The summed E-state index contributed by atoms with van der Waals surface area (Å²) < 4.78 is 11.8. The van der Waals surface area contributed by atoms with Crippen LogP contribution in [0.3, 0.4) is 0 Å². The number of carbonyl (C=O) groups excluding carboxylic acids is 2. The molecule has 3 atom stereocenters. The first-order chi connectivity index (χ1) is 22.7. The molecule has 0 spiro atoms. The molecule has 0 saturated carbocycles. The lowest BCUT2D eigenvalue weighted by molar-refractivity contribution is -0.135. The van der Waals surface area contributed by atoms with Gasteiger partial charge < -0.3 is 15.0 Å². The molecule has 9 heteroatoms. The van der Waals surface area contributed by atoms with Crippen molar-refractivity contribution in [2.24, 2.45) is 16.6 Å². The number of allylic oxidation sites excluding steroid dienone is 3. The average molecular weight is 647 g/mol. The smallest absolute Gasteiger partial charge is 0.230 e. The summed E-state index contributed by atoms with van der Waals surface area (Å²) in [4.78, 5) is 30.9. The molecule has 3 aliphatic rings. The minimum absolute atomic E-state index is 0.100. The van der Waals surface area contributed by atoms with Gasteiger partial charge in [-0.2, -0.15) is 17.0 Å². The minimum Gasteiger partial charge on any atom is -0.398 e. The number of nitrogens with two attached hydrogens (primary N) is 1. The molecule has 6 rings (SSSR count). The molecule has 8 nitrogen and oxygen atoms in total. The van der Waals surface area contributed by atoms with Crippen LogP contribution in [0.2, 0.25) is 0 Å². The Morgan fingerprint density at radius 2 is 1.72 bits per heavy atom. The van der Waals surface area contributed by atoms with Crippen molar-refractivity contribution in [2.75, 3.05) is 5.75 Å². The number of ether oxygens (including phenoxy) is 1. The second kappa shape index (κ2) is 13.7. The summed E-state index contributed by atoms with van der Waals surface area (Å²) in [5, 5.41) is 13.5. The molecule has 1 aliphatic carbocycles. The molecule has 47 heavy (non-hydrogen) atoms. The second-order valence-corrected chi connectivity index (χ2v) is 13.5. The maximum atomic E-state index is 13.1. The monoisotopic (exact) mass is 646 g/mol. The van der Waals surface area contributed by atoms with E-state index in [9.17, 15) is 14.9 Å². The van der Waals surface area contributed by atoms with E-state index in [1.807, 2.05) is 38.3 Å². The highest BCUT2D eigenvalue weighted by Crippen LogP contribution is 2.44. The third-order valence-corrected chi connectivity index (χ3v) is 10.4. The van der Waals surface area contributed by atoms with E-state index in [1.165, 1.54) is 22.9 Å². The van der Waals surface area contributed by atoms with Gasteiger partial charge >= 0.3 is 0 Å². The standard InChI is InChI=1S/C38H38N4O4S/c1-21-7-10-28(16-23(21)3)38-30(24(4)42-46-38)19-47-20-32-37(44)36(43)31(45-32)14-13-27-17-29(26-11-8-25(18-39)9-12-26)33-34(40)22(2)6-5-15-41-35(27)33/h7-12,15-17,27,31-32H,5-6,13-14,19-20,40H2,1-4H3/t27?,31-,32+/m0/s1. The van der Waals surface area contributed by atoms with Gasteiger partial charge in [-0.3, -0.25) is 14.6 Å². The van der Waals surface area contributed by atoms with Gasteiger partial charge in [-0.05, 0) is 99.4 Å². The number of carbonyl (C=O) groups is 2. The predicted octanol–water partition coefficient (Wildman–Crippen LogP) is 7.12. The van der Waals surface area contributed by atoms with Crippen LogP contribution in [0.5, 0.6) is 0 Å². The summed E-state index contributed by atoms with van der Waals surface area (Å²) in [7, 11) is 0. The van der Waals surface area contributed by atoms with Crippen LogP contribution in [0, 0.1) is 38.0 Å². The van der Waals surface area contributed by atoms with Crippen molar-refractivity contribution < 1.29 is 18.8 Å². The van der Waals surface area contributed by atoms with Gasteiger partial charge in [-0.25, -0.2) is 0 Å². The maximum absolute atomic E-state index is 13.1. The highest BCUT2D eigenvalue weighted by atomic mass is 32.2. The fourth-order valence-electron chi connectivity index (χ4n) is 6.33. The van der Waals surface area contributed by atoms with Crippen molar-refractivity contribution in [3.63, 3.8) is 0 Å². The van der Waals surface area contributed by atoms with Crippen molar-refractivity contribution in [1.82, 2.24) is 5.16 Å². The Bertz CT molecular complexity index is 1910. The summed E-state index contributed by atoms with van der Waals surface area (Å²) in [6, 6.07) is 15.8. The minimum atomic E-state index is -0.792. The number of thioether (sulfide) groups is 1. The number of aromatic nitrogens is 1. The number of nitrogens with zero attached hydrogens (tertiary/aromatic N) is 3. The number of Topliss-reactive ketones (excluding diaryl/α,β-unsaturated/α-hetero) is 2. The van der Waals surface area contributed by atoms with Gasteiger partial charge in [0.1, 0.15) is 12.2 Å². The first-order valence-corrected chi connectivity index (χ1v) is 17.1. The first-order valence-electron chi connectivity index (χ1n) is 15.9. The van der Waals surface area contributed by atoms with Crippen LogP contribution < -0.4 is 5.73 Å². The van der Waals surface area contributed by atoms with E-state index in [4.69, 9.17) is 20.0 Å². The molecule has 2 aliphatic heterocycles. The van der Waals surface area contributed by atoms with E-state index in [0.29, 0.717) is 29.9 Å². The van der Waals surface area contributed by atoms with Crippen LogP contribution in [-0.4, -0.2) is 40.9 Å². The van der Waals surface area contributed by atoms with Gasteiger partial charge in [0, 0.05) is 46.0 Å².